The van der Waals surface area contributed by atoms with Crippen LogP contribution in [-0.4, -0.2) is 24.6 Å². The molecule has 1 unspecified atom stereocenters. The molecule has 1 aliphatic heterocycles. The first-order valence-electron chi connectivity index (χ1n) is 5.06. The molecule has 1 aliphatic rings. The third-order valence-corrected chi connectivity index (χ3v) is 2.26. The summed E-state index contributed by atoms with van der Waals surface area (Å²) in [6.45, 7) is 1.97. The maximum absolute atomic E-state index is 11.4. The van der Waals surface area contributed by atoms with Gasteiger partial charge in [-0.25, -0.2) is 4.79 Å². The summed E-state index contributed by atoms with van der Waals surface area (Å²) in [5.41, 5.74) is 0. The van der Waals surface area contributed by atoms with Crippen LogP contribution in [0.4, 0.5) is 4.79 Å². The zero-order chi connectivity index (χ0) is 10.4. The lowest BCUT2D eigenvalue weighted by Gasteiger charge is -2.10. The zero-order valence-corrected chi connectivity index (χ0v) is 8.45. The van der Waals surface area contributed by atoms with Gasteiger partial charge in [0, 0.05) is 6.42 Å². The Labute approximate surface area is 83.6 Å². The highest BCUT2D eigenvalue weighted by molar-refractivity contribution is 5.84. The number of carbonyl (C=O) groups is 2. The minimum atomic E-state index is -0.729. The molecule has 0 bridgehead atoms. The van der Waals surface area contributed by atoms with Crippen LogP contribution >= 0.6 is 0 Å². The Balaban J connectivity index is 2.46. The van der Waals surface area contributed by atoms with E-state index in [0.717, 1.165) is 25.7 Å². The number of hydrogen-bond acceptors (Lipinski definition) is 4. The van der Waals surface area contributed by atoms with Crippen LogP contribution in [0.1, 0.15) is 39.0 Å². The average molecular weight is 200 g/mol. The highest BCUT2D eigenvalue weighted by Gasteiger charge is 2.18. The van der Waals surface area contributed by atoms with Crippen molar-refractivity contribution in [3.8, 4) is 0 Å². The summed E-state index contributed by atoms with van der Waals surface area (Å²) in [6.07, 6.45) is 2.82. The van der Waals surface area contributed by atoms with Crippen LogP contribution in [0, 0.1) is 0 Å². The molecule has 0 aromatic rings. The molecule has 14 heavy (non-hydrogen) atoms. The van der Waals surface area contributed by atoms with Gasteiger partial charge < -0.3 is 9.47 Å². The van der Waals surface area contributed by atoms with Crippen molar-refractivity contribution in [3.63, 3.8) is 0 Å². The highest BCUT2D eigenvalue weighted by atomic mass is 16.7. The Morgan fingerprint density at radius 3 is 2.64 bits per heavy atom. The molecule has 0 amide bonds. The van der Waals surface area contributed by atoms with Crippen LogP contribution < -0.4 is 0 Å². The molecule has 0 spiro atoms. The minimum absolute atomic E-state index is 0.0242. The van der Waals surface area contributed by atoms with E-state index in [1.165, 1.54) is 0 Å². The van der Waals surface area contributed by atoms with Gasteiger partial charge >= 0.3 is 6.16 Å². The maximum atomic E-state index is 11.4. The van der Waals surface area contributed by atoms with Gasteiger partial charge in [-0.1, -0.05) is 12.8 Å². The topological polar surface area (TPSA) is 52.6 Å². The second kappa shape index (κ2) is 5.62. The molecule has 1 atom stereocenters. The van der Waals surface area contributed by atoms with Gasteiger partial charge in [0.1, 0.15) is 0 Å². The van der Waals surface area contributed by atoms with Gasteiger partial charge in [0.25, 0.3) is 0 Å². The molecule has 0 aliphatic carbocycles. The van der Waals surface area contributed by atoms with Crippen molar-refractivity contribution >= 4 is 11.9 Å². The molecule has 0 N–H and O–H groups in total. The molecular weight excluding hydrogens is 184 g/mol. The first-order chi connectivity index (χ1) is 6.70. The average Bonchev–Trinajstić information content (AvgIpc) is 2.17. The molecule has 1 rings (SSSR count). The molecule has 0 aromatic heterocycles. The number of carbonyl (C=O) groups excluding carboxylic acids is 2. The molecule has 1 heterocycles. The van der Waals surface area contributed by atoms with Gasteiger partial charge in [0.05, 0.1) is 6.61 Å². The van der Waals surface area contributed by atoms with E-state index in [4.69, 9.17) is 9.47 Å². The van der Waals surface area contributed by atoms with Crippen molar-refractivity contribution in [1.29, 1.82) is 0 Å². The Hall–Kier alpha value is -1.06. The summed E-state index contributed by atoms with van der Waals surface area (Å²) < 4.78 is 9.56. The van der Waals surface area contributed by atoms with Gasteiger partial charge in [0.2, 0.25) is 0 Å². The van der Waals surface area contributed by atoms with Crippen molar-refractivity contribution in [1.82, 2.24) is 0 Å². The number of rotatable bonds is 0. The number of Topliss-reactive ketones (excluding diaryl/α,β-unsaturated/α-hetero) is 1. The van der Waals surface area contributed by atoms with Gasteiger partial charge in [-0.2, -0.15) is 0 Å². The fourth-order valence-electron chi connectivity index (χ4n) is 1.36. The predicted octanol–water partition coefficient (Wildman–Crippen LogP) is 2.06. The number of ether oxygens (including phenoxy) is 2. The Morgan fingerprint density at radius 1 is 1.14 bits per heavy atom. The fraction of sp³-hybridized carbons (Fsp3) is 0.800. The second-order valence-corrected chi connectivity index (χ2v) is 3.49. The van der Waals surface area contributed by atoms with E-state index in [-0.39, 0.29) is 5.78 Å². The second-order valence-electron chi connectivity index (χ2n) is 3.49. The summed E-state index contributed by atoms with van der Waals surface area (Å²) in [5.74, 6) is -0.0242. The summed E-state index contributed by atoms with van der Waals surface area (Å²) in [5, 5.41) is 0. The number of hydrogen-bond donors (Lipinski definition) is 0. The lowest BCUT2D eigenvalue weighted by Crippen LogP contribution is -2.24. The lowest BCUT2D eigenvalue weighted by molar-refractivity contribution is -0.127. The molecule has 80 valence electrons. The Bertz CT molecular complexity index is 212. The van der Waals surface area contributed by atoms with E-state index in [0.29, 0.717) is 13.0 Å². The molecule has 4 heteroatoms. The zero-order valence-electron chi connectivity index (χ0n) is 8.45. The summed E-state index contributed by atoms with van der Waals surface area (Å²) in [6, 6.07) is 0. The molecule has 1 fully saturated rings. The molecule has 0 saturated carbocycles. The summed E-state index contributed by atoms with van der Waals surface area (Å²) >= 11 is 0. The number of cyclic esters (lactones) is 2. The maximum Gasteiger partial charge on any atom is 0.508 e. The van der Waals surface area contributed by atoms with Gasteiger partial charge in [-0.3, -0.25) is 4.79 Å². The van der Waals surface area contributed by atoms with Crippen LogP contribution in [0.3, 0.4) is 0 Å². The summed E-state index contributed by atoms with van der Waals surface area (Å²) in [7, 11) is 0. The number of ketones is 1. The quantitative estimate of drug-likeness (QED) is 0.561. The SMILES string of the molecule is CC1OC(=O)OCCCCCCC1=O. The third-order valence-electron chi connectivity index (χ3n) is 2.26. The first-order valence-corrected chi connectivity index (χ1v) is 5.06. The van der Waals surface area contributed by atoms with E-state index in [9.17, 15) is 9.59 Å². The van der Waals surface area contributed by atoms with Crippen LogP contribution in [0.25, 0.3) is 0 Å². The van der Waals surface area contributed by atoms with E-state index < -0.39 is 12.3 Å². The molecule has 4 nitrogen and oxygen atoms in total. The van der Waals surface area contributed by atoms with Gasteiger partial charge in [-0.05, 0) is 19.8 Å². The van der Waals surface area contributed by atoms with Crippen molar-refractivity contribution in [2.45, 2.75) is 45.1 Å². The lowest BCUT2D eigenvalue weighted by atomic mass is 10.1. The van der Waals surface area contributed by atoms with Crippen LogP contribution in [0.5, 0.6) is 0 Å². The first kappa shape index (κ1) is 11.0. The molecule has 0 radical (unpaired) electrons. The van der Waals surface area contributed by atoms with E-state index in [2.05, 4.69) is 0 Å². The van der Waals surface area contributed by atoms with Crippen LogP contribution in [-0.2, 0) is 14.3 Å². The predicted molar refractivity (Wildman–Crippen MR) is 50.0 cm³/mol. The Morgan fingerprint density at radius 2 is 1.86 bits per heavy atom. The van der Waals surface area contributed by atoms with Crippen molar-refractivity contribution < 1.29 is 19.1 Å². The normalized spacial score (nSPS) is 25.9. The Kier molecular flexibility index (Phi) is 4.43. The van der Waals surface area contributed by atoms with Crippen LogP contribution in [0.15, 0.2) is 0 Å². The fourth-order valence-corrected chi connectivity index (χ4v) is 1.36. The van der Waals surface area contributed by atoms with Crippen molar-refractivity contribution in [2.75, 3.05) is 6.61 Å². The third kappa shape index (κ3) is 3.77. The molecule has 1 saturated heterocycles. The van der Waals surface area contributed by atoms with Crippen molar-refractivity contribution in [2.24, 2.45) is 0 Å². The monoisotopic (exact) mass is 200 g/mol. The standard InChI is InChI=1S/C10H16O4/c1-8-9(11)6-4-2-3-5-7-13-10(12)14-8/h8H,2-7H2,1H3. The van der Waals surface area contributed by atoms with Crippen molar-refractivity contribution in [3.05, 3.63) is 0 Å². The van der Waals surface area contributed by atoms with E-state index in [1.54, 1.807) is 6.92 Å². The largest absolute Gasteiger partial charge is 0.508 e. The van der Waals surface area contributed by atoms with E-state index in [1.807, 2.05) is 0 Å². The molecular formula is C10H16O4. The summed E-state index contributed by atoms with van der Waals surface area (Å²) in [4.78, 5) is 22.3. The van der Waals surface area contributed by atoms with Crippen LogP contribution in [0.2, 0.25) is 0 Å². The smallest absolute Gasteiger partial charge is 0.434 e. The minimum Gasteiger partial charge on any atom is -0.434 e. The van der Waals surface area contributed by atoms with Gasteiger partial charge in [0.15, 0.2) is 11.9 Å². The van der Waals surface area contributed by atoms with Gasteiger partial charge in [-0.15, -0.1) is 0 Å². The van der Waals surface area contributed by atoms with E-state index >= 15 is 0 Å². The highest BCUT2D eigenvalue weighted by Crippen LogP contribution is 2.09. The molecule has 0 aromatic carbocycles.